The average molecular weight is 267 g/mol. The van der Waals surface area contributed by atoms with Crippen molar-refractivity contribution in [2.45, 2.75) is 64.5 Å². The Bertz CT molecular complexity index is 156. The molecule has 0 saturated carbocycles. The van der Waals surface area contributed by atoms with Crippen molar-refractivity contribution in [2.24, 2.45) is 0 Å². The van der Waals surface area contributed by atoms with Gasteiger partial charge in [-0.15, -0.1) is 0 Å². The van der Waals surface area contributed by atoms with Crippen LogP contribution < -0.4 is 0 Å². The summed E-state index contributed by atoms with van der Waals surface area (Å²) in [4.78, 5) is 0. The zero-order valence-electron chi connectivity index (χ0n) is 11.0. The standard InChI is InChI=1S/C11H27ClOSi2/c1-6-15(7-2,8-3)13-10-9-11-14(4,5)12/h6-11H2,1-5H3. The topological polar surface area (TPSA) is 9.23 Å². The zero-order chi connectivity index (χ0) is 11.9. The van der Waals surface area contributed by atoms with Crippen molar-refractivity contribution in [3.05, 3.63) is 0 Å². The molecule has 92 valence electrons. The van der Waals surface area contributed by atoms with Crippen LogP contribution in [-0.4, -0.2) is 22.3 Å². The van der Waals surface area contributed by atoms with E-state index in [4.69, 9.17) is 15.5 Å². The minimum Gasteiger partial charge on any atom is -0.417 e. The number of hydrogen-bond acceptors (Lipinski definition) is 1. The highest BCUT2D eigenvalue weighted by molar-refractivity contribution is 7.19. The van der Waals surface area contributed by atoms with Crippen LogP contribution in [0.4, 0.5) is 0 Å². The van der Waals surface area contributed by atoms with Crippen LogP contribution in [0.3, 0.4) is 0 Å². The lowest BCUT2D eigenvalue weighted by Crippen LogP contribution is -2.36. The summed E-state index contributed by atoms with van der Waals surface area (Å²) in [6.07, 6.45) is 1.15. The lowest BCUT2D eigenvalue weighted by atomic mass is 10.5. The van der Waals surface area contributed by atoms with E-state index in [2.05, 4.69) is 33.9 Å². The molecule has 0 aromatic carbocycles. The largest absolute Gasteiger partial charge is 0.417 e. The van der Waals surface area contributed by atoms with E-state index in [0.29, 0.717) is 0 Å². The molecule has 0 unspecified atom stereocenters. The van der Waals surface area contributed by atoms with Crippen LogP contribution in [0.25, 0.3) is 0 Å². The Balaban J connectivity index is 3.82. The van der Waals surface area contributed by atoms with Crippen LogP contribution in [-0.2, 0) is 4.43 Å². The second-order valence-corrected chi connectivity index (χ2v) is 16.7. The van der Waals surface area contributed by atoms with E-state index in [1.54, 1.807) is 0 Å². The third-order valence-corrected chi connectivity index (χ3v) is 10.0. The summed E-state index contributed by atoms with van der Waals surface area (Å²) in [6, 6.07) is 4.93. The van der Waals surface area contributed by atoms with E-state index in [0.717, 1.165) is 13.0 Å². The third-order valence-electron chi connectivity index (χ3n) is 3.26. The molecule has 1 nitrogen and oxygen atoms in total. The molecule has 0 aromatic rings. The summed E-state index contributed by atoms with van der Waals surface area (Å²) in [7, 11) is -2.72. The first-order chi connectivity index (χ1) is 6.89. The molecule has 0 spiro atoms. The van der Waals surface area contributed by atoms with Gasteiger partial charge in [0, 0.05) is 6.61 Å². The Morgan fingerprint density at radius 3 is 1.80 bits per heavy atom. The number of rotatable bonds is 8. The summed E-state index contributed by atoms with van der Waals surface area (Å²) >= 11 is 6.28. The average Bonchev–Trinajstić information content (AvgIpc) is 2.18. The number of hydrogen-bond donors (Lipinski definition) is 0. The smallest absolute Gasteiger partial charge is 0.191 e. The van der Waals surface area contributed by atoms with E-state index >= 15 is 0 Å². The number of halogens is 1. The van der Waals surface area contributed by atoms with E-state index in [1.807, 2.05) is 0 Å². The van der Waals surface area contributed by atoms with Crippen LogP contribution in [0.5, 0.6) is 0 Å². The molecule has 0 atom stereocenters. The fourth-order valence-electron chi connectivity index (χ4n) is 1.84. The third kappa shape index (κ3) is 6.77. The quantitative estimate of drug-likeness (QED) is 0.347. The van der Waals surface area contributed by atoms with E-state index in [-0.39, 0.29) is 0 Å². The minimum atomic E-state index is -1.38. The summed E-state index contributed by atoms with van der Waals surface area (Å²) in [6.45, 7) is 12.2. The van der Waals surface area contributed by atoms with Gasteiger partial charge in [0.15, 0.2) is 15.7 Å². The van der Waals surface area contributed by atoms with Crippen LogP contribution in [0.2, 0.25) is 37.3 Å². The molecule has 0 heterocycles. The normalized spacial score (nSPS) is 13.2. The summed E-state index contributed by atoms with van der Waals surface area (Å²) in [5.74, 6) is 0. The molecule has 0 aromatic heterocycles. The molecular formula is C11H27ClOSi2. The molecule has 0 N–H and O–H groups in total. The van der Waals surface area contributed by atoms with Crippen molar-refractivity contribution in [2.75, 3.05) is 6.61 Å². The molecule has 0 saturated heterocycles. The van der Waals surface area contributed by atoms with Gasteiger partial charge in [-0.1, -0.05) is 33.9 Å². The summed E-state index contributed by atoms with van der Waals surface area (Å²) in [5, 5.41) is 0. The Labute approximate surface area is 102 Å². The monoisotopic (exact) mass is 266 g/mol. The molecule has 0 fully saturated rings. The molecular weight excluding hydrogens is 240 g/mol. The van der Waals surface area contributed by atoms with E-state index < -0.39 is 15.7 Å². The molecule has 0 bridgehead atoms. The highest BCUT2D eigenvalue weighted by atomic mass is 35.6. The van der Waals surface area contributed by atoms with Crippen molar-refractivity contribution in [1.82, 2.24) is 0 Å². The van der Waals surface area contributed by atoms with Gasteiger partial charge in [0.2, 0.25) is 0 Å². The maximum Gasteiger partial charge on any atom is 0.191 e. The fourth-order valence-corrected chi connectivity index (χ4v) is 5.91. The second kappa shape index (κ2) is 7.10. The van der Waals surface area contributed by atoms with Crippen LogP contribution >= 0.6 is 11.1 Å². The first kappa shape index (κ1) is 15.7. The molecule has 0 rings (SSSR count). The van der Waals surface area contributed by atoms with Crippen LogP contribution in [0, 0.1) is 0 Å². The Kier molecular flexibility index (Phi) is 7.42. The molecule has 0 aliphatic heterocycles. The molecule has 0 aliphatic rings. The lowest BCUT2D eigenvalue weighted by molar-refractivity contribution is 0.299. The van der Waals surface area contributed by atoms with Crippen LogP contribution in [0.15, 0.2) is 0 Å². The highest BCUT2D eigenvalue weighted by Gasteiger charge is 2.28. The second-order valence-electron chi connectivity index (χ2n) is 4.91. The summed E-state index contributed by atoms with van der Waals surface area (Å²) in [5.41, 5.74) is 0. The Hall–Kier alpha value is 0.684. The van der Waals surface area contributed by atoms with Gasteiger partial charge in [0.25, 0.3) is 0 Å². The van der Waals surface area contributed by atoms with Gasteiger partial charge in [-0.05, 0) is 30.6 Å². The van der Waals surface area contributed by atoms with Crippen molar-refractivity contribution < 1.29 is 4.43 Å². The predicted octanol–water partition coefficient (Wildman–Crippen LogP) is 4.84. The first-order valence-corrected chi connectivity index (χ1v) is 13.0. The van der Waals surface area contributed by atoms with Gasteiger partial charge >= 0.3 is 0 Å². The van der Waals surface area contributed by atoms with Crippen molar-refractivity contribution in [1.29, 1.82) is 0 Å². The molecule has 0 aliphatic carbocycles. The molecule has 0 radical (unpaired) electrons. The van der Waals surface area contributed by atoms with Crippen molar-refractivity contribution in [3.8, 4) is 0 Å². The SMILES string of the molecule is CC[Si](CC)(CC)OCCC[Si](C)(C)Cl. The minimum absolute atomic E-state index is 0.935. The predicted molar refractivity (Wildman–Crippen MR) is 75.9 cm³/mol. The maximum atomic E-state index is 6.28. The first-order valence-electron chi connectivity index (χ1n) is 6.22. The Morgan fingerprint density at radius 2 is 1.47 bits per heavy atom. The highest BCUT2D eigenvalue weighted by Crippen LogP contribution is 2.23. The van der Waals surface area contributed by atoms with E-state index in [9.17, 15) is 0 Å². The van der Waals surface area contributed by atoms with Crippen LogP contribution in [0.1, 0.15) is 27.2 Å². The van der Waals surface area contributed by atoms with Gasteiger partial charge in [0.1, 0.15) is 0 Å². The van der Waals surface area contributed by atoms with Gasteiger partial charge < -0.3 is 4.43 Å². The summed E-state index contributed by atoms with van der Waals surface area (Å²) < 4.78 is 6.18. The maximum absolute atomic E-state index is 6.28. The molecule has 0 amide bonds. The fraction of sp³-hybridized carbons (Fsp3) is 1.00. The zero-order valence-corrected chi connectivity index (χ0v) is 13.8. The van der Waals surface area contributed by atoms with Gasteiger partial charge in [-0.25, -0.2) is 0 Å². The van der Waals surface area contributed by atoms with Gasteiger partial charge in [0.05, 0.1) is 0 Å². The molecule has 15 heavy (non-hydrogen) atoms. The van der Waals surface area contributed by atoms with Gasteiger partial charge in [-0.3, -0.25) is 0 Å². The Morgan fingerprint density at radius 1 is 1.00 bits per heavy atom. The van der Waals surface area contributed by atoms with Gasteiger partial charge in [-0.2, -0.15) is 11.1 Å². The van der Waals surface area contributed by atoms with Crippen molar-refractivity contribution >= 4 is 26.8 Å². The van der Waals surface area contributed by atoms with E-state index in [1.165, 1.54) is 24.2 Å². The van der Waals surface area contributed by atoms with Crippen molar-refractivity contribution in [3.63, 3.8) is 0 Å². The molecule has 4 heteroatoms. The lowest BCUT2D eigenvalue weighted by Gasteiger charge is -2.28.